The molecule has 1 atom stereocenters. The molecular weight excluding hydrogens is 351 g/mol. The number of hydrogen-bond acceptors (Lipinski definition) is 4. The molecule has 8 heteroatoms. The van der Waals surface area contributed by atoms with Gasteiger partial charge in [0.25, 0.3) is 0 Å². The maximum Gasteiger partial charge on any atom is 0.144 e. The van der Waals surface area contributed by atoms with Crippen LogP contribution in [0.15, 0.2) is 35.4 Å². The van der Waals surface area contributed by atoms with Gasteiger partial charge in [-0.1, -0.05) is 28.3 Å². The number of methoxy groups -OCH3 is 1. The van der Waals surface area contributed by atoms with Gasteiger partial charge < -0.3 is 14.8 Å². The number of nitrogens with zero attached hydrogens (tertiary/aromatic N) is 3. The predicted molar refractivity (Wildman–Crippen MR) is 95.4 cm³/mol. The summed E-state index contributed by atoms with van der Waals surface area (Å²) in [5, 5.41) is 8.03. The normalized spacial score (nSPS) is 15.5. The van der Waals surface area contributed by atoms with E-state index in [1.807, 2.05) is 18.2 Å². The lowest BCUT2D eigenvalue weighted by Gasteiger charge is -2.29. The van der Waals surface area contributed by atoms with Crippen LogP contribution in [0.5, 0.6) is 11.5 Å². The molecule has 0 saturated carbocycles. The second-order valence-corrected chi connectivity index (χ2v) is 6.08. The van der Waals surface area contributed by atoms with Crippen molar-refractivity contribution in [3.8, 4) is 22.6 Å². The van der Waals surface area contributed by atoms with Gasteiger partial charge in [0.1, 0.15) is 18.1 Å². The predicted octanol–water partition coefficient (Wildman–Crippen LogP) is 5.15. The van der Waals surface area contributed by atoms with Crippen LogP contribution in [0.3, 0.4) is 0 Å². The topological polar surface area (TPSA) is 79.2 Å². The number of halogens is 2. The van der Waals surface area contributed by atoms with Crippen molar-refractivity contribution in [2.75, 3.05) is 25.6 Å². The molecule has 1 N–H and O–H groups in total. The number of azide groups is 1. The SMILES string of the molecule is COc1ccc(-c2cc(Cl)cc3c2NC(CN=[N+]=[N-])CO3)c(Cl)c1. The van der Waals surface area contributed by atoms with Crippen LogP contribution >= 0.6 is 23.2 Å². The molecule has 124 valence electrons. The molecule has 0 aromatic heterocycles. The fourth-order valence-electron chi connectivity index (χ4n) is 2.57. The Morgan fingerprint density at radius 3 is 2.88 bits per heavy atom. The monoisotopic (exact) mass is 364 g/mol. The molecular formula is C16H14Cl2N4O2. The van der Waals surface area contributed by atoms with E-state index in [4.69, 9.17) is 38.2 Å². The van der Waals surface area contributed by atoms with E-state index in [1.165, 1.54) is 0 Å². The van der Waals surface area contributed by atoms with Crippen molar-refractivity contribution < 1.29 is 9.47 Å². The van der Waals surface area contributed by atoms with Gasteiger partial charge in [-0.25, -0.2) is 0 Å². The Kier molecular flexibility index (Phi) is 4.90. The molecule has 1 aliphatic rings. The highest BCUT2D eigenvalue weighted by Crippen LogP contribution is 2.43. The molecule has 6 nitrogen and oxygen atoms in total. The van der Waals surface area contributed by atoms with Crippen LogP contribution in [0.4, 0.5) is 5.69 Å². The van der Waals surface area contributed by atoms with Gasteiger partial charge in [0.05, 0.1) is 23.9 Å². The lowest BCUT2D eigenvalue weighted by molar-refractivity contribution is 0.287. The third-order valence-electron chi connectivity index (χ3n) is 3.69. The minimum absolute atomic E-state index is 0.120. The average Bonchev–Trinajstić information content (AvgIpc) is 2.59. The van der Waals surface area contributed by atoms with Gasteiger partial charge in [-0.15, -0.1) is 0 Å². The molecule has 2 aromatic carbocycles. The number of anilines is 1. The first-order valence-corrected chi connectivity index (χ1v) is 7.95. The smallest absolute Gasteiger partial charge is 0.144 e. The first kappa shape index (κ1) is 16.6. The largest absolute Gasteiger partial charge is 0.497 e. The summed E-state index contributed by atoms with van der Waals surface area (Å²) in [6, 6.07) is 8.88. The van der Waals surface area contributed by atoms with Crippen LogP contribution in [-0.4, -0.2) is 26.3 Å². The summed E-state index contributed by atoms with van der Waals surface area (Å²) >= 11 is 12.6. The Morgan fingerprint density at radius 2 is 2.17 bits per heavy atom. The minimum Gasteiger partial charge on any atom is -0.497 e. The first-order chi connectivity index (χ1) is 11.6. The summed E-state index contributed by atoms with van der Waals surface area (Å²) < 4.78 is 10.9. The van der Waals surface area contributed by atoms with Crippen molar-refractivity contribution in [2.24, 2.45) is 5.11 Å². The summed E-state index contributed by atoms with van der Waals surface area (Å²) in [6.45, 7) is 0.677. The summed E-state index contributed by atoms with van der Waals surface area (Å²) in [6.07, 6.45) is 0. The van der Waals surface area contributed by atoms with Crippen molar-refractivity contribution in [3.63, 3.8) is 0 Å². The van der Waals surface area contributed by atoms with Crippen molar-refractivity contribution >= 4 is 28.9 Å². The first-order valence-electron chi connectivity index (χ1n) is 7.20. The minimum atomic E-state index is -0.120. The van der Waals surface area contributed by atoms with E-state index in [0.717, 1.165) is 16.8 Å². The fourth-order valence-corrected chi connectivity index (χ4v) is 3.05. The number of hydrogen-bond donors (Lipinski definition) is 1. The standard InChI is InChI=1S/C16H14Cl2N4O2/c1-23-11-2-3-12(14(18)6-11)13-4-9(17)5-15-16(13)21-10(8-24-15)7-20-22-19/h2-6,10,21H,7-8H2,1H3. The van der Waals surface area contributed by atoms with E-state index in [0.29, 0.717) is 28.2 Å². The van der Waals surface area contributed by atoms with Gasteiger partial charge in [-0.05, 0) is 29.8 Å². The molecule has 1 heterocycles. The molecule has 0 amide bonds. The van der Waals surface area contributed by atoms with Crippen LogP contribution in [0.25, 0.3) is 21.6 Å². The summed E-state index contributed by atoms with van der Waals surface area (Å²) in [7, 11) is 1.59. The van der Waals surface area contributed by atoms with Crippen LogP contribution in [0.1, 0.15) is 0 Å². The Morgan fingerprint density at radius 1 is 1.33 bits per heavy atom. The van der Waals surface area contributed by atoms with Gasteiger partial charge in [0, 0.05) is 33.7 Å². The van der Waals surface area contributed by atoms with Crippen molar-refractivity contribution in [1.29, 1.82) is 0 Å². The maximum absolute atomic E-state index is 8.49. The molecule has 3 rings (SSSR count). The van der Waals surface area contributed by atoms with E-state index in [-0.39, 0.29) is 12.6 Å². The molecule has 0 fully saturated rings. The molecule has 1 unspecified atom stereocenters. The summed E-state index contributed by atoms with van der Waals surface area (Å²) in [4.78, 5) is 2.79. The molecule has 0 saturated heterocycles. The second-order valence-electron chi connectivity index (χ2n) is 5.24. The zero-order chi connectivity index (χ0) is 17.1. The number of fused-ring (bicyclic) bond motifs is 1. The quantitative estimate of drug-likeness (QED) is 0.462. The molecule has 0 spiro atoms. The number of ether oxygens (including phenoxy) is 2. The van der Waals surface area contributed by atoms with Gasteiger partial charge in [-0.3, -0.25) is 0 Å². The fraction of sp³-hybridized carbons (Fsp3) is 0.250. The van der Waals surface area contributed by atoms with Crippen LogP contribution in [0.2, 0.25) is 10.0 Å². The van der Waals surface area contributed by atoms with Gasteiger partial charge >= 0.3 is 0 Å². The van der Waals surface area contributed by atoms with Crippen molar-refractivity contribution in [3.05, 3.63) is 50.8 Å². The van der Waals surface area contributed by atoms with Crippen LogP contribution in [0, 0.1) is 0 Å². The number of rotatable bonds is 4. The Balaban J connectivity index is 2.06. The zero-order valence-electron chi connectivity index (χ0n) is 12.8. The van der Waals surface area contributed by atoms with Crippen molar-refractivity contribution in [2.45, 2.75) is 6.04 Å². The lowest BCUT2D eigenvalue weighted by atomic mass is 10.0. The van der Waals surface area contributed by atoms with E-state index >= 15 is 0 Å². The van der Waals surface area contributed by atoms with Gasteiger partial charge in [0.15, 0.2) is 0 Å². The maximum atomic E-state index is 8.49. The van der Waals surface area contributed by atoms with E-state index in [1.54, 1.807) is 19.2 Å². The van der Waals surface area contributed by atoms with Crippen LogP contribution < -0.4 is 14.8 Å². The molecule has 1 aliphatic heterocycles. The number of nitrogens with one attached hydrogen (secondary N) is 1. The highest BCUT2D eigenvalue weighted by molar-refractivity contribution is 6.34. The van der Waals surface area contributed by atoms with Crippen LogP contribution in [-0.2, 0) is 0 Å². The Hall–Kier alpha value is -2.27. The van der Waals surface area contributed by atoms with Gasteiger partial charge in [-0.2, -0.15) is 0 Å². The summed E-state index contributed by atoms with van der Waals surface area (Å²) in [5.41, 5.74) is 10.9. The molecule has 2 aromatic rings. The average molecular weight is 365 g/mol. The summed E-state index contributed by atoms with van der Waals surface area (Å²) in [5.74, 6) is 1.31. The Bertz CT molecular complexity index is 822. The van der Waals surface area contributed by atoms with E-state index in [2.05, 4.69) is 15.3 Å². The third kappa shape index (κ3) is 3.31. The molecule has 0 aliphatic carbocycles. The van der Waals surface area contributed by atoms with E-state index in [9.17, 15) is 0 Å². The molecule has 0 radical (unpaired) electrons. The highest BCUT2D eigenvalue weighted by atomic mass is 35.5. The number of benzene rings is 2. The highest BCUT2D eigenvalue weighted by Gasteiger charge is 2.23. The lowest BCUT2D eigenvalue weighted by Crippen LogP contribution is -2.34. The second kappa shape index (κ2) is 7.09. The third-order valence-corrected chi connectivity index (χ3v) is 4.22. The van der Waals surface area contributed by atoms with Crippen molar-refractivity contribution in [1.82, 2.24) is 0 Å². The molecule has 24 heavy (non-hydrogen) atoms. The van der Waals surface area contributed by atoms with Gasteiger partial charge in [0.2, 0.25) is 0 Å². The zero-order valence-corrected chi connectivity index (χ0v) is 14.3. The molecule has 0 bridgehead atoms. The van der Waals surface area contributed by atoms with E-state index < -0.39 is 0 Å². The Labute approximate surface area is 148 Å².